The van der Waals surface area contributed by atoms with Crippen LogP contribution in [0.3, 0.4) is 0 Å². The summed E-state index contributed by atoms with van der Waals surface area (Å²) in [5.74, 6) is 0.702. The van der Waals surface area contributed by atoms with Gasteiger partial charge in [-0.25, -0.2) is 4.98 Å². The van der Waals surface area contributed by atoms with E-state index in [1.165, 1.54) is 23.3 Å². The molecule has 0 aliphatic heterocycles. The lowest BCUT2D eigenvalue weighted by Gasteiger charge is -2.14. The lowest BCUT2D eigenvalue weighted by molar-refractivity contribution is 0.171. The average Bonchev–Trinajstić information content (AvgIpc) is 2.97. The molecule has 0 saturated heterocycles. The molecule has 124 valence electrons. The van der Waals surface area contributed by atoms with Crippen LogP contribution in [-0.2, 0) is 24.1 Å². The summed E-state index contributed by atoms with van der Waals surface area (Å²) in [5, 5.41) is 5.46. The summed E-state index contributed by atoms with van der Waals surface area (Å²) in [6, 6.07) is 1.79. The third-order valence-corrected chi connectivity index (χ3v) is 5.25. The van der Waals surface area contributed by atoms with Crippen molar-refractivity contribution in [1.29, 1.82) is 0 Å². The Balaban J connectivity index is 1.83. The third-order valence-electron chi connectivity index (χ3n) is 4.16. The highest BCUT2D eigenvalue weighted by Crippen LogP contribution is 2.34. The van der Waals surface area contributed by atoms with Gasteiger partial charge < -0.3 is 15.0 Å². The fraction of sp³-hybridized carbons (Fsp3) is 0.529. The molecule has 0 spiro atoms. The molecule has 0 radical (unpaired) electrons. The molecule has 5 nitrogen and oxygen atoms in total. The molecule has 1 atom stereocenters. The normalized spacial score (nSPS) is 15.4. The number of H-pyrrole nitrogens is 1. The second kappa shape index (κ2) is 7.38. The van der Waals surface area contributed by atoms with E-state index in [9.17, 15) is 4.79 Å². The quantitative estimate of drug-likeness (QED) is 0.852. The molecule has 2 N–H and O–H groups in total. The van der Waals surface area contributed by atoms with Crippen molar-refractivity contribution < 1.29 is 4.74 Å². The molecule has 1 aliphatic rings. The van der Waals surface area contributed by atoms with Gasteiger partial charge in [0.2, 0.25) is 0 Å². The molecule has 0 amide bonds. The van der Waals surface area contributed by atoms with Crippen LogP contribution in [0, 0.1) is 0 Å². The van der Waals surface area contributed by atoms with E-state index in [4.69, 9.17) is 4.74 Å². The molecule has 0 unspecified atom stereocenters. The van der Waals surface area contributed by atoms with Crippen LogP contribution in [-0.4, -0.2) is 29.7 Å². The van der Waals surface area contributed by atoms with Crippen LogP contribution in [0.25, 0.3) is 11.4 Å². The van der Waals surface area contributed by atoms with Crippen LogP contribution < -0.4 is 10.9 Å². The summed E-state index contributed by atoms with van der Waals surface area (Å²) < 4.78 is 5.11. The van der Waals surface area contributed by atoms with Gasteiger partial charge in [0.15, 0.2) is 0 Å². The standard InChI is InChI=1S/C17H23N3O2S/c1-11(9-22-2)18-8-12-7-16(21)20-17(19-12)14-10-23-15-6-4-3-5-13(14)15/h7,10-11,18H,3-6,8-9H2,1-2H3,(H,19,20,21)/t11-/m0/s1. The zero-order valence-corrected chi connectivity index (χ0v) is 14.5. The molecular weight excluding hydrogens is 310 g/mol. The summed E-state index contributed by atoms with van der Waals surface area (Å²) in [7, 11) is 1.68. The van der Waals surface area contributed by atoms with E-state index in [1.807, 2.05) is 6.92 Å². The topological polar surface area (TPSA) is 67.0 Å². The van der Waals surface area contributed by atoms with Crippen molar-refractivity contribution in [1.82, 2.24) is 15.3 Å². The first-order chi connectivity index (χ1) is 11.2. The number of methoxy groups -OCH3 is 1. The Morgan fingerprint density at radius 2 is 2.26 bits per heavy atom. The molecule has 2 heterocycles. The molecule has 1 aliphatic carbocycles. The average molecular weight is 333 g/mol. The number of rotatable bonds is 6. The first kappa shape index (κ1) is 16.4. The highest BCUT2D eigenvalue weighted by Gasteiger charge is 2.18. The lowest BCUT2D eigenvalue weighted by Crippen LogP contribution is -2.30. The molecule has 23 heavy (non-hydrogen) atoms. The summed E-state index contributed by atoms with van der Waals surface area (Å²) in [5.41, 5.74) is 3.15. The highest BCUT2D eigenvalue weighted by atomic mass is 32.1. The van der Waals surface area contributed by atoms with Crippen LogP contribution >= 0.6 is 11.3 Å². The van der Waals surface area contributed by atoms with E-state index in [-0.39, 0.29) is 11.6 Å². The Hall–Kier alpha value is -1.50. The molecule has 6 heteroatoms. The van der Waals surface area contributed by atoms with Gasteiger partial charge in [-0.05, 0) is 38.2 Å². The number of hydrogen-bond acceptors (Lipinski definition) is 5. The number of hydrogen-bond donors (Lipinski definition) is 2. The van der Waals surface area contributed by atoms with Gasteiger partial charge in [-0.3, -0.25) is 4.79 Å². The van der Waals surface area contributed by atoms with Crippen LogP contribution in [0.15, 0.2) is 16.2 Å². The maximum Gasteiger partial charge on any atom is 0.251 e. The number of nitrogens with zero attached hydrogens (tertiary/aromatic N) is 1. The predicted octanol–water partition coefficient (Wildman–Crippen LogP) is 2.50. The largest absolute Gasteiger partial charge is 0.383 e. The molecule has 0 aromatic carbocycles. The minimum Gasteiger partial charge on any atom is -0.383 e. The van der Waals surface area contributed by atoms with Crippen molar-refractivity contribution >= 4 is 11.3 Å². The first-order valence-electron chi connectivity index (χ1n) is 8.09. The summed E-state index contributed by atoms with van der Waals surface area (Å²) >= 11 is 1.79. The third kappa shape index (κ3) is 3.88. The minimum atomic E-state index is -0.0954. The van der Waals surface area contributed by atoms with Crippen LogP contribution in [0.2, 0.25) is 0 Å². The van der Waals surface area contributed by atoms with E-state index < -0.39 is 0 Å². The van der Waals surface area contributed by atoms with Crippen LogP contribution in [0.1, 0.15) is 35.9 Å². The monoisotopic (exact) mass is 333 g/mol. The van der Waals surface area contributed by atoms with Crippen LogP contribution in [0.5, 0.6) is 0 Å². The van der Waals surface area contributed by atoms with Gasteiger partial charge in [0.25, 0.3) is 5.56 Å². The molecule has 2 aromatic rings. The Labute approximate surface area is 140 Å². The van der Waals surface area contributed by atoms with Crippen molar-refractivity contribution in [3.05, 3.63) is 37.9 Å². The van der Waals surface area contributed by atoms with Crippen molar-refractivity contribution in [2.24, 2.45) is 0 Å². The molecule has 2 aromatic heterocycles. The van der Waals surface area contributed by atoms with Gasteiger partial charge in [0.05, 0.1) is 12.3 Å². The predicted molar refractivity (Wildman–Crippen MR) is 93.0 cm³/mol. The lowest BCUT2D eigenvalue weighted by atomic mass is 9.95. The van der Waals surface area contributed by atoms with E-state index in [1.54, 1.807) is 24.5 Å². The maximum atomic E-state index is 12.0. The Morgan fingerprint density at radius 1 is 1.43 bits per heavy atom. The number of aromatic nitrogens is 2. The molecule has 0 bridgehead atoms. The van der Waals surface area contributed by atoms with Gasteiger partial charge in [0.1, 0.15) is 5.82 Å². The minimum absolute atomic E-state index is 0.0954. The summed E-state index contributed by atoms with van der Waals surface area (Å²) in [6.45, 7) is 3.24. The van der Waals surface area contributed by atoms with E-state index in [2.05, 4.69) is 20.7 Å². The van der Waals surface area contributed by atoms with Crippen molar-refractivity contribution in [3.8, 4) is 11.4 Å². The Morgan fingerprint density at radius 3 is 3.09 bits per heavy atom. The fourth-order valence-electron chi connectivity index (χ4n) is 3.01. The Bertz CT molecular complexity index is 723. The number of aromatic amines is 1. The second-order valence-electron chi connectivity index (χ2n) is 6.08. The van der Waals surface area contributed by atoms with Gasteiger partial charge in [-0.1, -0.05) is 0 Å². The smallest absolute Gasteiger partial charge is 0.251 e. The van der Waals surface area contributed by atoms with E-state index >= 15 is 0 Å². The first-order valence-corrected chi connectivity index (χ1v) is 8.97. The van der Waals surface area contributed by atoms with Crippen molar-refractivity contribution in [2.45, 2.75) is 45.2 Å². The maximum absolute atomic E-state index is 12.0. The number of nitrogens with one attached hydrogen (secondary N) is 2. The number of thiophene rings is 1. The van der Waals surface area contributed by atoms with Gasteiger partial charge in [0, 0.05) is 41.6 Å². The van der Waals surface area contributed by atoms with E-state index in [0.29, 0.717) is 19.0 Å². The number of ether oxygens (including phenoxy) is 1. The van der Waals surface area contributed by atoms with Crippen molar-refractivity contribution in [2.75, 3.05) is 13.7 Å². The molecular formula is C17H23N3O2S. The summed E-state index contributed by atoms with van der Waals surface area (Å²) in [6.07, 6.45) is 4.72. The Kier molecular flexibility index (Phi) is 5.25. The number of aryl methyl sites for hydroxylation is 1. The second-order valence-corrected chi connectivity index (χ2v) is 7.05. The van der Waals surface area contributed by atoms with Gasteiger partial charge in [-0.15, -0.1) is 11.3 Å². The molecule has 3 rings (SSSR count). The highest BCUT2D eigenvalue weighted by molar-refractivity contribution is 7.10. The van der Waals surface area contributed by atoms with Crippen molar-refractivity contribution in [3.63, 3.8) is 0 Å². The zero-order valence-electron chi connectivity index (χ0n) is 13.6. The molecule has 0 fully saturated rings. The zero-order chi connectivity index (χ0) is 16.2. The summed E-state index contributed by atoms with van der Waals surface area (Å²) in [4.78, 5) is 21.0. The SMILES string of the molecule is COC[C@H](C)NCc1cc(=O)[nH]c(-c2csc3c2CCCC3)n1. The van der Waals surface area contributed by atoms with Crippen LogP contribution in [0.4, 0.5) is 0 Å². The number of fused-ring (bicyclic) bond motifs is 1. The van der Waals surface area contributed by atoms with Gasteiger partial charge in [-0.2, -0.15) is 0 Å². The van der Waals surface area contributed by atoms with Gasteiger partial charge >= 0.3 is 0 Å². The molecule has 0 saturated carbocycles. The van der Waals surface area contributed by atoms with E-state index in [0.717, 1.165) is 24.1 Å². The fourth-order valence-corrected chi connectivity index (χ4v) is 4.14.